The predicted molar refractivity (Wildman–Crippen MR) is 218 cm³/mol. The van der Waals surface area contributed by atoms with E-state index in [9.17, 15) is 14.4 Å². The molecule has 10 heteroatoms. The molecule has 0 radical (unpaired) electrons. The summed E-state index contributed by atoms with van der Waals surface area (Å²) < 4.78 is 0. The average molecular weight is 738 g/mol. The summed E-state index contributed by atoms with van der Waals surface area (Å²) in [4.78, 5) is 49.4. The van der Waals surface area contributed by atoms with E-state index in [1.807, 2.05) is 136 Å². The van der Waals surface area contributed by atoms with Gasteiger partial charge in [-0.3, -0.25) is 14.4 Å². The third kappa shape index (κ3) is 9.68. The molecule has 0 fully saturated rings. The minimum atomic E-state index is -0.611. The lowest BCUT2D eigenvalue weighted by atomic mass is 10.1. The second-order valence-corrected chi connectivity index (χ2v) is 14.9. The number of carbonyl (C=O) groups is 3. The molecule has 1 aromatic heterocycles. The molecule has 0 bridgehead atoms. The van der Waals surface area contributed by atoms with E-state index in [-0.39, 0.29) is 11.6 Å². The molecule has 8 nitrogen and oxygen atoms in total. The first-order chi connectivity index (χ1) is 25.6. The molecular weight excluding hydrogens is 699 g/mol. The van der Waals surface area contributed by atoms with E-state index in [0.29, 0.717) is 16.4 Å². The maximum atomic E-state index is 13.9. The van der Waals surface area contributed by atoms with Crippen molar-refractivity contribution in [3.05, 3.63) is 166 Å². The van der Waals surface area contributed by atoms with Crippen LogP contribution in [0.3, 0.4) is 0 Å². The Balaban J connectivity index is 1.22. The molecule has 1 atom stereocenters. The lowest BCUT2D eigenvalue weighted by molar-refractivity contribution is -0.116. The number of thiazole rings is 1. The first kappa shape index (κ1) is 36.8. The molecule has 53 heavy (non-hydrogen) atoms. The molecule has 266 valence electrons. The largest absolute Gasteiger partial charge is 0.378 e. The van der Waals surface area contributed by atoms with Crippen molar-refractivity contribution in [3.8, 4) is 11.3 Å². The van der Waals surface area contributed by atoms with Crippen molar-refractivity contribution in [2.45, 2.75) is 24.0 Å². The van der Waals surface area contributed by atoms with Crippen LogP contribution in [0, 0.1) is 13.8 Å². The number of amides is 3. The van der Waals surface area contributed by atoms with Gasteiger partial charge in [-0.25, -0.2) is 4.98 Å². The minimum Gasteiger partial charge on any atom is -0.378 e. The van der Waals surface area contributed by atoms with Gasteiger partial charge in [0.1, 0.15) is 10.9 Å². The van der Waals surface area contributed by atoms with Crippen LogP contribution in [0.5, 0.6) is 0 Å². The van der Waals surface area contributed by atoms with Crippen LogP contribution in [0.4, 0.5) is 16.5 Å². The molecule has 1 unspecified atom stereocenters. The monoisotopic (exact) mass is 737 g/mol. The Morgan fingerprint density at radius 2 is 1.45 bits per heavy atom. The second-order valence-electron chi connectivity index (χ2n) is 12.5. The molecule has 0 saturated carbocycles. The lowest BCUT2D eigenvalue weighted by Crippen LogP contribution is -2.30. The van der Waals surface area contributed by atoms with Gasteiger partial charge in [0.15, 0.2) is 5.13 Å². The van der Waals surface area contributed by atoms with Crippen molar-refractivity contribution in [2.24, 2.45) is 0 Å². The van der Waals surface area contributed by atoms with Gasteiger partial charge in [0.25, 0.3) is 11.8 Å². The second kappa shape index (κ2) is 17.0. The molecule has 0 aliphatic rings. The summed E-state index contributed by atoms with van der Waals surface area (Å²) in [6.45, 7) is 4.04. The Morgan fingerprint density at radius 3 is 2.13 bits per heavy atom. The molecule has 5 aromatic carbocycles. The number of rotatable bonds is 12. The highest BCUT2D eigenvalue weighted by atomic mass is 32.2. The van der Waals surface area contributed by atoms with Crippen LogP contribution < -0.4 is 20.9 Å². The van der Waals surface area contributed by atoms with Crippen molar-refractivity contribution in [1.82, 2.24) is 10.3 Å². The van der Waals surface area contributed by atoms with Gasteiger partial charge in [-0.15, -0.1) is 23.1 Å². The fourth-order valence-corrected chi connectivity index (χ4v) is 7.38. The Morgan fingerprint density at radius 1 is 0.774 bits per heavy atom. The number of benzene rings is 5. The van der Waals surface area contributed by atoms with Crippen LogP contribution in [-0.4, -0.2) is 36.8 Å². The maximum Gasteiger partial charge on any atom is 0.272 e. The summed E-state index contributed by atoms with van der Waals surface area (Å²) in [6, 6.07) is 41.4. The van der Waals surface area contributed by atoms with Crippen LogP contribution in [0.1, 0.15) is 37.2 Å². The molecule has 6 aromatic rings. The lowest BCUT2D eigenvalue weighted by Gasteiger charge is -2.17. The molecule has 0 aliphatic heterocycles. The Labute approximate surface area is 318 Å². The number of nitrogens with zero attached hydrogens (tertiary/aromatic N) is 2. The number of carbonyl (C=O) groups excluding carboxylic acids is 3. The van der Waals surface area contributed by atoms with E-state index in [1.54, 1.807) is 36.4 Å². The fourth-order valence-electron chi connectivity index (χ4n) is 5.46. The van der Waals surface area contributed by atoms with Crippen molar-refractivity contribution in [2.75, 3.05) is 29.6 Å². The van der Waals surface area contributed by atoms with Gasteiger partial charge in [0, 0.05) is 46.4 Å². The fraction of sp³-hybridized carbons (Fsp3) is 0.116. The molecule has 1 heterocycles. The van der Waals surface area contributed by atoms with E-state index in [0.717, 1.165) is 37.8 Å². The predicted octanol–water partition coefficient (Wildman–Crippen LogP) is 9.37. The zero-order valence-corrected chi connectivity index (χ0v) is 31.4. The maximum absolute atomic E-state index is 13.9. The van der Waals surface area contributed by atoms with Gasteiger partial charge >= 0.3 is 0 Å². The number of hydrogen-bond acceptors (Lipinski definition) is 7. The van der Waals surface area contributed by atoms with Crippen molar-refractivity contribution in [3.63, 3.8) is 0 Å². The Hall–Kier alpha value is -5.97. The standard InChI is InChI=1S/C43H39N5O3S2/c1-28-18-22-31(23-19-28)38-29(2)52-43(46-38)47-42(51)39(32-12-7-5-8-13-32)53-36-17-11-16-34(27-36)44-41(50)37(45-40(49)33-14-9-6-10-15-33)26-30-20-24-35(25-21-30)48(3)4/h5-27,39H,1-4H3,(H,44,50)(H,45,49)(H,46,47,51)/b37-26+. The molecule has 3 amide bonds. The third-order valence-electron chi connectivity index (χ3n) is 8.29. The minimum absolute atomic E-state index is 0.0831. The van der Waals surface area contributed by atoms with Gasteiger partial charge in [-0.2, -0.15) is 0 Å². The first-order valence-corrected chi connectivity index (χ1v) is 18.7. The molecule has 3 N–H and O–H groups in total. The summed E-state index contributed by atoms with van der Waals surface area (Å²) in [5.74, 6) is -1.11. The van der Waals surface area contributed by atoms with Crippen LogP contribution in [0.2, 0.25) is 0 Å². The first-order valence-electron chi connectivity index (χ1n) is 17.0. The van der Waals surface area contributed by atoms with Crippen molar-refractivity contribution in [1.29, 1.82) is 0 Å². The number of aryl methyl sites for hydroxylation is 2. The average Bonchev–Trinajstić information content (AvgIpc) is 3.53. The van der Waals surface area contributed by atoms with E-state index in [2.05, 4.69) is 16.0 Å². The number of hydrogen-bond donors (Lipinski definition) is 3. The summed E-state index contributed by atoms with van der Waals surface area (Å²) in [5.41, 5.74) is 6.60. The van der Waals surface area contributed by atoms with Crippen LogP contribution in [0.25, 0.3) is 17.3 Å². The number of thioether (sulfide) groups is 1. The number of aromatic nitrogens is 1. The van der Waals surface area contributed by atoms with Gasteiger partial charge in [-0.1, -0.05) is 96.6 Å². The van der Waals surface area contributed by atoms with Crippen LogP contribution in [-0.2, 0) is 9.59 Å². The van der Waals surface area contributed by atoms with Gasteiger partial charge < -0.3 is 20.9 Å². The van der Waals surface area contributed by atoms with E-state index < -0.39 is 17.1 Å². The normalized spacial score (nSPS) is 11.7. The van der Waals surface area contributed by atoms with E-state index in [1.165, 1.54) is 28.7 Å². The van der Waals surface area contributed by atoms with Crippen molar-refractivity contribution >= 4 is 63.4 Å². The molecule has 0 saturated heterocycles. The SMILES string of the molecule is Cc1ccc(-c2nc(NC(=O)C(Sc3cccc(NC(=O)/C(=C\c4ccc(N(C)C)cc4)NC(=O)c4ccccc4)c3)c3ccccc3)sc2C)cc1. The van der Waals surface area contributed by atoms with Gasteiger partial charge in [-0.05, 0) is 73.5 Å². The third-order valence-corrected chi connectivity index (χ3v) is 10.4. The summed E-state index contributed by atoms with van der Waals surface area (Å²) in [5, 5.41) is 8.72. The zero-order chi connectivity index (χ0) is 37.3. The van der Waals surface area contributed by atoms with E-state index in [4.69, 9.17) is 4.98 Å². The zero-order valence-electron chi connectivity index (χ0n) is 29.8. The van der Waals surface area contributed by atoms with Crippen molar-refractivity contribution < 1.29 is 14.4 Å². The smallest absolute Gasteiger partial charge is 0.272 e. The van der Waals surface area contributed by atoms with E-state index >= 15 is 0 Å². The highest BCUT2D eigenvalue weighted by Crippen LogP contribution is 2.38. The Kier molecular flexibility index (Phi) is 11.8. The summed E-state index contributed by atoms with van der Waals surface area (Å²) in [7, 11) is 3.91. The number of nitrogens with one attached hydrogen (secondary N) is 3. The molecular formula is C43H39N5O3S2. The molecule has 0 aliphatic carbocycles. The Bertz CT molecular complexity index is 2230. The van der Waals surface area contributed by atoms with Crippen LogP contribution >= 0.6 is 23.1 Å². The summed E-state index contributed by atoms with van der Waals surface area (Å²) in [6.07, 6.45) is 1.65. The highest BCUT2D eigenvalue weighted by Gasteiger charge is 2.24. The quantitative estimate of drug-likeness (QED) is 0.0855. The topological polar surface area (TPSA) is 103 Å². The van der Waals surface area contributed by atoms with Crippen LogP contribution in [0.15, 0.2) is 144 Å². The summed E-state index contributed by atoms with van der Waals surface area (Å²) >= 11 is 2.81. The molecule has 0 spiro atoms. The van der Waals surface area contributed by atoms with Gasteiger partial charge in [0.2, 0.25) is 5.91 Å². The number of anilines is 3. The highest BCUT2D eigenvalue weighted by molar-refractivity contribution is 8.00. The van der Waals surface area contributed by atoms with Gasteiger partial charge in [0.05, 0.1) is 5.69 Å². The molecule has 6 rings (SSSR count).